The van der Waals surface area contributed by atoms with Crippen molar-refractivity contribution in [2.75, 3.05) is 13.6 Å². The smallest absolute Gasteiger partial charge is 0.264 e. The van der Waals surface area contributed by atoms with Gasteiger partial charge in [-0.1, -0.05) is 5.92 Å². The number of amides is 1. The number of carbonyl (C=O) groups excluding carboxylic acids is 1. The van der Waals surface area contributed by atoms with Gasteiger partial charge in [-0.05, 0) is 34.5 Å². The van der Waals surface area contributed by atoms with E-state index in [0.29, 0.717) is 11.4 Å². The van der Waals surface area contributed by atoms with Gasteiger partial charge in [-0.25, -0.2) is 0 Å². The van der Waals surface area contributed by atoms with Crippen molar-refractivity contribution in [3.05, 3.63) is 20.3 Å². The molecule has 0 aromatic carbocycles. The van der Waals surface area contributed by atoms with Crippen molar-refractivity contribution in [2.45, 2.75) is 6.92 Å². The summed E-state index contributed by atoms with van der Waals surface area (Å²) in [6.45, 7) is 2.30. The van der Waals surface area contributed by atoms with Crippen LogP contribution in [-0.4, -0.2) is 24.4 Å². The maximum absolute atomic E-state index is 11.7. The Morgan fingerprint density at radius 1 is 1.79 bits per heavy atom. The van der Waals surface area contributed by atoms with E-state index in [1.807, 2.05) is 13.0 Å². The highest BCUT2D eigenvalue weighted by Gasteiger charge is 2.14. The quantitative estimate of drug-likeness (QED) is 0.757. The lowest BCUT2D eigenvalue weighted by atomic mass is 10.3. The van der Waals surface area contributed by atoms with Crippen LogP contribution in [0.15, 0.2) is 9.85 Å². The van der Waals surface area contributed by atoms with Crippen LogP contribution >= 0.6 is 27.3 Å². The first kappa shape index (κ1) is 11.3. The monoisotopic (exact) mass is 271 g/mol. The Morgan fingerprint density at radius 3 is 2.86 bits per heavy atom. The summed E-state index contributed by atoms with van der Waals surface area (Å²) in [6.07, 6.45) is 5.13. The number of hydrogen-bond acceptors (Lipinski definition) is 2. The van der Waals surface area contributed by atoms with Crippen molar-refractivity contribution in [3.63, 3.8) is 0 Å². The van der Waals surface area contributed by atoms with Gasteiger partial charge >= 0.3 is 0 Å². The third kappa shape index (κ3) is 2.37. The van der Waals surface area contributed by atoms with E-state index in [2.05, 4.69) is 21.9 Å². The molecule has 0 bridgehead atoms. The van der Waals surface area contributed by atoms with Gasteiger partial charge in [0.15, 0.2) is 0 Å². The van der Waals surface area contributed by atoms with Crippen molar-refractivity contribution in [1.82, 2.24) is 4.90 Å². The number of hydrogen-bond donors (Lipinski definition) is 0. The minimum Gasteiger partial charge on any atom is -0.330 e. The average Bonchev–Trinajstić information content (AvgIpc) is 2.46. The summed E-state index contributed by atoms with van der Waals surface area (Å²) in [7, 11) is 1.70. The van der Waals surface area contributed by atoms with Gasteiger partial charge in [0.05, 0.1) is 15.2 Å². The molecule has 0 N–H and O–H groups in total. The van der Waals surface area contributed by atoms with E-state index in [1.165, 1.54) is 16.2 Å². The maximum atomic E-state index is 11.7. The molecule has 1 aromatic rings. The number of aryl methyl sites for hydroxylation is 1. The molecule has 0 aliphatic heterocycles. The Morgan fingerprint density at radius 2 is 2.43 bits per heavy atom. The molecule has 14 heavy (non-hydrogen) atoms. The first-order valence-electron chi connectivity index (χ1n) is 4.01. The molecule has 0 aliphatic carbocycles. The van der Waals surface area contributed by atoms with E-state index in [9.17, 15) is 4.79 Å². The van der Waals surface area contributed by atoms with E-state index in [1.54, 1.807) is 7.05 Å². The molecule has 2 nitrogen and oxygen atoms in total. The highest BCUT2D eigenvalue weighted by Crippen LogP contribution is 2.27. The van der Waals surface area contributed by atoms with Gasteiger partial charge in [-0.3, -0.25) is 4.79 Å². The molecule has 0 fully saturated rings. The number of terminal acetylenes is 1. The summed E-state index contributed by atoms with van der Waals surface area (Å²) in [5, 5.41) is 0. The normalized spacial score (nSPS) is 9.57. The molecule has 0 saturated carbocycles. The second kappa shape index (κ2) is 4.63. The zero-order valence-corrected chi connectivity index (χ0v) is 10.4. The fourth-order valence-electron chi connectivity index (χ4n) is 0.962. The van der Waals surface area contributed by atoms with E-state index < -0.39 is 0 Å². The van der Waals surface area contributed by atoms with Gasteiger partial charge in [0.2, 0.25) is 0 Å². The number of rotatable bonds is 2. The number of halogens is 1. The zero-order valence-electron chi connectivity index (χ0n) is 8.00. The van der Waals surface area contributed by atoms with Crippen LogP contribution in [0.25, 0.3) is 0 Å². The highest BCUT2D eigenvalue weighted by molar-refractivity contribution is 9.11. The van der Waals surface area contributed by atoms with E-state index in [4.69, 9.17) is 6.42 Å². The summed E-state index contributed by atoms with van der Waals surface area (Å²) in [4.78, 5) is 14.0. The molecular weight excluding hydrogens is 262 g/mol. The van der Waals surface area contributed by atoms with E-state index in [0.717, 1.165) is 9.35 Å². The Bertz CT molecular complexity index is 372. The SMILES string of the molecule is C#CCN(C)C(=O)c1cc(C)c(Br)s1. The molecule has 74 valence electrons. The summed E-state index contributed by atoms with van der Waals surface area (Å²) in [5.74, 6) is 2.41. The van der Waals surface area contributed by atoms with Crippen LogP contribution in [0.3, 0.4) is 0 Å². The lowest BCUT2D eigenvalue weighted by Crippen LogP contribution is -2.26. The fraction of sp³-hybridized carbons (Fsp3) is 0.300. The third-order valence-corrected chi connectivity index (χ3v) is 3.87. The van der Waals surface area contributed by atoms with Crippen molar-refractivity contribution in [2.24, 2.45) is 0 Å². The summed E-state index contributed by atoms with van der Waals surface area (Å²) >= 11 is 4.81. The first-order valence-corrected chi connectivity index (χ1v) is 5.62. The van der Waals surface area contributed by atoms with Crippen LogP contribution < -0.4 is 0 Å². The van der Waals surface area contributed by atoms with E-state index >= 15 is 0 Å². The lowest BCUT2D eigenvalue weighted by molar-refractivity contribution is 0.0817. The van der Waals surface area contributed by atoms with E-state index in [-0.39, 0.29) is 5.91 Å². The van der Waals surface area contributed by atoms with Gasteiger partial charge in [0.1, 0.15) is 0 Å². The Balaban J connectivity index is 2.85. The van der Waals surface area contributed by atoms with Crippen LogP contribution in [0, 0.1) is 19.3 Å². The van der Waals surface area contributed by atoms with Crippen molar-refractivity contribution in [3.8, 4) is 12.3 Å². The predicted octanol–water partition coefficient (Wildman–Crippen LogP) is 2.52. The summed E-state index contributed by atoms with van der Waals surface area (Å²) in [5.41, 5.74) is 1.08. The average molecular weight is 272 g/mol. The molecule has 0 spiro atoms. The molecule has 1 aromatic heterocycles. The number of thiophene rings is 1. The van der Waals surface area contributed by atoms with Crippen molar-refractivity contribution >= 4 is 33.2 Å². The molecule has 0 saturated heterocycles. The maximum Gasteiger partial charge on any atom is 0.264 e. The van der Waals surface area contributed by atoms with Crippen molar-refractivity contribution < 1.29 is 4.79 Å². The van der Waals surface area contributed by atoms with Gasteiger partial charge in [-0.15, -0.1) is 17.8 Å². The Hall–Kier alpha value is -0.790. The topological polar surface area (TPSA) is 20.3 Å². The van der Waals surface area contributed by atoms with Gasteiger partial charge in [0.25, 0.3) is 5.91 Å². The lowest BCUT2D eigenvalue weighted by Gasteiger charge is -2.11. The van der Waals surface area contributed by atoms with Crippen LogP contribution in [-0.2, 0) is 0 Å². The van der Waals surface area contributed by atoms with Crippen LogP contribution in [0.4, 0.5) is 0 Å². The number of carbonyl (C=O) groups is 1. The standard InChI is InChI=1S/C10H10BrNOS/c1-4-5-12(3)10(13)8-6-7(2)9(11)14-8/h1,6H,5H2,2-3H3. The molecule has 0 unspecified atom stereocenters. The second-order valence-corrected chi connectivity index (χ2v) is 5.30. The van der Waals surface area contributed by atoms with Crippen LogP contribution in [0.2, 0.25) is 0 Å². The molecule has 0 aliphatic rings. The van der Waals surface area contributed by atoms with Gasteiger partial charge < -0.3 is 4.90 Å². The molecule has 1 rings (SSSR count). The molecule has 0 radical (unpaired) electrons. The second-order valence-electron chi connectivity index (χ2n) is 2.93. The highest BCUT2D eigenvalue weighted by atomic mass is 79.9. The molecule has 0 atom stereocenters. The van der Waals surface area contributed by atoms with Crippen molar-refractivity contribution in [1.29, 1.82) is 0 Å². The Kier molecular flexibility index (Phi) is 3.73. The largest absolute Gasteiger partial charge is 0.330 e. The van der Waals surface area contributed by atoms with Gasteiger partial charge in [0, 0.05) is 7.05 Å². The minimum atomic E-state index is -0.0262. The summed E-state index contributed by atoms with van der Waals surface area (Å²) in [6, 6.07) is 1.87. The molecule has 1 amide bonds. The van der Waals surface area contributed by atoms with Crippen LogP contribution in [0.1, 0.15) is 15.2 Å². The molecule has 1 heterocycles. The third-order valence-electron chi connectivity index (χ3n) is 1.74. The first-order chi connectivity index (χ1) is 6.56. The Labute approximate surface area is 96.0 Å². The molecular formula is C10H10BrNOS. The fourth-order valence-corrected chi connectivity index (χ4v) is 2.49. The van der Waals surface area contributed by atoms with Crippen LogP contribution in [0.5, 0.6) is 0 Å². The predicted molar refractivity (Wildman–Crippen MR) is 62.5 cm³/mol. The summed E-state index contributed by atoms with van der Waals surface area (Å²) < 4.78 is 0.995. The van der Waals surface area contributed by atoms with Gasteiger partial charge in [-0.2, -0.15) is 0 Å². The number of nitrogens with zero attached hydrogens (tertiary/aromatic N) is 1. The molecule has 4 heteroatoms. The minimum absolute atomic E-state index is 0.0262. The zero-order chi connectivity index (χ0) is 10.7.